The second kappa shape index (κ2) is 8.15. The number of anilines is 1. The van der Waals surface area contributed by atoms with Crippen LogP contribution in [-0.4, -0.2) is 27.8 Å². The van der Waals surface area contributed by atoms with Crippen LogP contribution < -0.4 is 10.9 Å². The van der Waals surface area contributed by atoms with Crippen LogP contribution in [0.25, 0.3) is 0 Å². The molecule has 2 heterocycles. The molecule has 134 valence electrons. The van der Waals surface area contributed by atoms with Crippen LogP contribution in [0.5, 0.6) is 0 Å². The predicted molar refractivity (Wildman–Crippen MR) is 105 cm³/mol. The van der Waals surface area contributed by atoms with E-state index in [1.807, 2.05) is 0 Å². The van der Waals surface area contributed by atoms with E-state index in [0.717, 1.165) is 18.2 Å². The van der Waals surface area contributed by atoms with Crippen molar-refractivity contribution in [2.75, 3.05) is 18.4 Å². The fourth-order valence-electron chi connectivity index (χ4n) is 3.07. The second-order valence-electron chi connectivity index (χ2n) is 6.93. The molecule has 6 heteroatoms. The Morgan fingerprint density at radius 2 is 1.84 bits per heavy atom. The molecule has 0 saturated carbocycles. The van der Waals surface area contributed by atoms with Crippen molar-refractivity contribution in [2.45, 2.75) is 32.9 Å². The molecule has 1 saturated heterocycles. The molecule has 1 aromatic heterocycles. The van der Waals surface area contributed by atoms with E-state index in [4.69, 9.17) is 0 Å². The molecule has 25 heavy (non-hydrogen) atoms. The summed E-state index contributed by atoms with van der Waals surface area (Å²) in [7, 11) is 1.64. The molecule has 1 aromatic carbocycles. The van der Waals surface area contributed by atoms with Gasteiger partial charge in [0.05, 0.1) is 11.9 Å². The van der Waals surface area contributed by atoms with Crippen LogP contribution in [0.15, 0.2) is 39.7 Å². The molecule has 1 fully saturated rings. The summed E-state index contributed by atoms with van der Waals surface area (Å²) in [5, 5.41) is 7.31. The third-order valence-electron chi connectivity index (χ3n) is 4.87. The van der Waals surface area contributed by atoms with Crippen molar-refractivity contribution in [1.82, 2.24) is 14.7 Å². The molecule has 5 nitrogen and oxygen atoms in total. The number of nitrogens with one attached hydrogen (secondary N) is 1. The van der Waals surface area contributed by atoms with Crippen LogP contribution in [0.4, 0.5) is 5.69 Å². The molecular formula is C19H25BrN4O. The Bertz CT molecular complexity index is 764. The molecule has 1 N–H and O–H groups in total. The normalized spacial score (nSPS) is 16.1. The van der Waals surface area contributed by atoms with E-state index in [9.17, 15) is 4.79 Å². The van der Waals surface area contributed by atoms with Gasteiger partial charge in [0.25, 0.3) is 5.56 Å². The molecule has 1 aliphatic rings. The highest BCUT2D eigenvalue weighted by Crippen LogP contribution is 2.19. The minimum absolute atomic E-state index is 0.142. The first kappa shape index (κ1) is 18.1. The molecule has 0 unspecified atom stereocenters. The van der Waals surface area contributed by atoms with Crippen LogP contribution >= 0.6 is 15.9 Å². The van der Waals surface area contributed by atoms with Crippen molar-refractivity contribution < 1.29 is 0 Å². The van der Waals surface area contributed by atoms with E-state index in [2.05, 4.69) is 62.4 Å². The molecule has 0 amide bonds. The predicted octanol–water partition coefficient (Wildman–Crippen LogP) is 3.39. The van der Waals surface area contributed by atoms with Gasteiger partial charge < -0.3 is 5.32 Å². The SMILES string of the molecule is CC1CCN(Cc2ccc(CNc3cnn(C)c(=O)c3Br)cc2)CC1. The third-order valence-corrected chi connectivity index (χ3v) is 5.63. The van der Waals surface area contributed by atoms with Crippen molar-refractivity contribution in [1.29, 1.82) is 0 Å². The highest BCUT2D eigenvalue weighted by atomic mass is 79.9. The molecule has 0 bridgehead atoms. The topological polar surface area (TPSA) is 50.2 Å². The van der Waals surface area contributed by atoms with E-state index in [0.29, 0.717) is 11.0 Å². The van der Waals surface area contributed by atoms with E-state index in [1.165, 1.54) is 41.7 Å². The number of likely N-dealkylation sites (tertiary alicyclic amines) is 1. The highest BCUT2D eigenvalue weighted by Gasteiger charge is 2.15. The highest BCUT2D eigenvalue weighted by molar-refractivity contribution is 9.10. The summed E-state index contributed by atoms with van der Waals surface area (Å²) in [5.74, 6) is 0.869. The number of hydrogen-bond donors (Lipinski definition) is 1. The summed E-state index contributed by atoms with van der Waals surface area (Å²) in [6.45, 7) is 6.44. The standard InChI is InChI=1S/C19H25BrN4O/c1-14-7-9-24(10-8-14)13-16-5-3-15(4-6-16)11-21-17-12-22-23(2)19(25)18(17)20/h3-6,12,14,21H,7-11,13H2,1-2H3. The van der Waals surface area contributed by atoms with Crippen LogP contribution in [-0.2, 0) is 20.1 Å². The van der Waals surface area contributed by atoms with Crippen molar-refractivity contribution in [3.8, 4) is 0 Å². The van der Waals surface area contributed by atoms with Gasteiger partial charge in [0.15, 0.2) is 0 Å². The molecule has 0 aliphatic carbocycles. The Morgan fingerprint density at radius 1 is 1.20 bits per heavy atom. The lowest BCUT2D eigenvalue weighted by molar-refractivity contribution is 0.185. The zero-order valence-electron chi connectivity index (χ0n) is 14.8. The van der Waals surface area contributed by atoms with Crippen LogP contribution in [0.2, 0.25) is 0 Å². The number of piperidine rings is 1. The minimum Gasteiger partial charge on any atom is -0.379 e. The molecule has 2 aromatic rings. The average Bonchev–Trinajstić information content (AvgIpc) is 2.62. The Kier molecular flexibility index (Phi) is 5.91. The largest absolute Gasteiger partial charge is 0.379 e. The molecule has 3 rings (SSSR count). The summed E-state index contributed by atoms with van der Waals surface area (Å²) < 4.78 is 1.83. The van der Waals surface area contributed by atoms with Crippen LogP contribution in [0.3, 0.4) is 0 Å². The summed E-state index contributed by atoms with van der Waals surface area (Å²) in [6, 6.07) is 8.70. The zero-order valence-corrected chi connectivity index (χ0v) is 16.4. The third kappa shape index (κ3) is 4.70. The molecule has 1 aliphatic heterocycles. The fourth-order valence-corrected chi connectivity index (χ4v) is 3.57. The Balaban J connectivity index is 1.56. The first-order chi connectivity index (χ1) is 12.0. The van der Waals surface area contributed by atoms with Gasteiger partial charge in [-0.2, -0.15) is 5.10 Å². The van der Waals surface area contributed by atoms with Crippen LogP contribution in [0, 0.1) is 5.92 Å². The van der Waals surface area contributed by atoms with Gasteiger partial charge >= 0.3 is 0 Å². The number of nitrogens with zero attached hydrogens (tertiary/aromatic N) is 3. The molecule has 0 radical (unpaired) electrons. The first-order valence-electron chi connectivity index (χ1n) is 8.79. The molecule has 0 spiro atoms. The Hall–Kier alpha value is -1.66. The monoisotopic (exact) mass is 404 g/mol. The number of rotatable bonds is 5. The fraction of sp³-hybridized carbons (Fsp3) is 0.474. The smallest absolute Gasteiger partial charge is 0.282 e. The van der Waals surface area contributed by atoms with Gasteiger partial charge in [0.2, 0.25) is 0 Å². The van der Waals surface area contributed by atoms with E-state index in [-0.39, 0.29) is 5.56 Å². The van der Waals surface area contributed by atoms with E-state index >= 15 is 0 Å². The summed E-state index contributed by atoms with van der Waals surface area (Å²) in [6.07, 6.45) is 4.28. The zero-order chi connectivity index (χ0) is 17.8. The van der Waals surface area contributed by atoms with Gasteiger partial charge in [-0.1, -0.05) is 31.2 Å². The van der Waals surface area contributed by atoms with Crippen molar-refractivity contribution in [3.05, 3.63) is 56.4 Å². The maximum Gasteiger partial charge on any atom is 0.282 e. The Morgan fingerprint density at radius 3 is 2.52 bits per heavy atom. The second-order valence-corrected chi connectivity index (χ2v) is 7.72. The number of benzene rings is 1. The number of aryl methyl sites for hydroxylation is 1. The molecule has 0 atom stereocenters. The van der Waals surface area contributed by atoms with Gasteiger partial charge in [-0.3, -0.25) is 9.69 Å². The lowest BCUT2D eigenvalue weighted by Crippen LogP contribution is -2.32. The maximum atomic E-state index is 11.9. The summed E-state index contributed by atoms with van der Waals surface area (Å²) in [5.41, 5.74) is 3.11. The quantitative estimate of drug-likeness (QED) is 0.829. The Labute approximate surface area is 157 Å². The van der Waals surface area contributed by atoms with Crippen LogP contribution in [0.1, 0.15) is 30.9 Å². The van der Waals surface area contributed by atoms with Gasteiger partial charge in [-0.05, 0) is 58.9 Å². The first-order valence-corrected chi connectivity index (χ1v) is 9.58. The minimum atomic E-state index is -0.142. The van der Waals surface area contributed by atoms with Crippen molar-refractivity contribution in [3.63, 3.8) is 0 Å². The number of halogens is 1. The maximum absolute atomic E-state index is 11.9. The lowest BCUT2D eigenvalue weighted by atomic mass is 9.99. The number of aromatic nitrogens is 2. The summed E-state index contributed by atoms with van der Waals surface area (Å²) in [4.78, 5) is 14.4. The number of hydrogen-bond acceptors (Lipinski definition) is 4. The van der Waals surface area contributed by atoms with Gasteiger partial charge in [0.1, 0.15) is 4.47 Å². The van der Waals surface area contributed by atoms with Crippen molar-refractivity contribution in [2.24, 2.45) is 13.0 Å². The molecular weight excluding hydrogens is 380 g/mol. The van der Waals surface area contributed by atoms with Gasteiger partial charge in [0, 0.05) is 20.1 Å². The average molecular weight is 405 g/mol. The lowest BCUT2D eigenvalue weighted by Gasteiger charge is -2.30. The van der Waals surface area contributed by atoms with Crippen molar-refractivity contribution >= 4 is 21.6 Å². The van der Waals surface area contributed by atoms with Gasteiger partial charge in [-0.15, -0.1) is 0 Å². The van der Waals surface area contributed by atoms with E-state index in [1.54, 1.807) is 13.2 Å². The van der Waals surface area contributed by atoms with E-state index < -0.39 is 0 Å². The summed E-state index contributed by atoms with van der Waals surface area (Å²) >= 11 is 3.33. The van der Waals surface area contributed by atoms with Gasteiger partial charge in [-0.25, -0.2) is 4.68 Å².